The van der Waals surface area contributed by atoms with Gasteiger partial charge in [0.15, 0.2) is 0 Å². The topological polar surface area (TPSA) is 71.9 Å². The van der Waals surface area contributed by atoms with Crippen LogP contribution in [0.5, 0.6) is 5.75 Å². The van der Waals surface area contributed by atoms with Gasteiger partial charge in [-0.15, -0.1) is 0 Å². The van der Waals surface area contributed by atoms with Gasteiger partial charge in [0.2, 0.25) is 0 Å². The molecule has 166 valence electrons. The number of ether oxygens (including phenoxy) is 2. The van der Waals surface area contributed by atoms with Gasteiger partial charge in [0.25, 0.3) is 5.91 Å². The molecule has 2 aromatic rings. The van der Waals surface area contributed by atoms with Crippen molar-refractivity contribution in [3.05, 3.63) is 59.4 Å². The summed E-state index contributed by atoms with van der Waals surface area (Å²) >= 11 is 0. The SMILES string of the molecule is Cc1cc(C(=O)N2CCC3(CC2)CC(O)CC(c2cccnc2)O3)ccc1OC(C)C. The number of carbonyl (C=O) groups is 1. The van der Waals surface area contributed by atoms with Gasteiger partial charge in [-0.1, -0.05) is 6.07 Å². The lowest BCUT2D eigenvalue weighted by molar-refractivity contribution is -0.181. The highest BCUT2D eigenvalue weighted by Gasteiger charge is 2.44. The van der Waals surface area contributed by atoms with Crippen LogP contribution in [0.15, 0.2) is 42.7 Å². The third kappa shape index (κ3) is 4.91. The molecule has 3 heterocycles. The Hall–Kier alpha value is -2.44. The molecule has 1 amide bonds. The molecule has 1 spiro atoms. The smallest absolute Gasteiger partial charge is 0.253 e. The molecule has 0 radical (unpaired) electrons. The second-order valence-electron chi connectivity index (χ2n) is 9.11. The van der Waals surface area contributed by atoms with Gasteiger partial charge in [-0.05, 0) is 69.0 Å². The number of amides is 1. The molecule has 2 fully saturated rings. The number of rotatable bonds is 4. The number of pyridine rings is 1. The van der Waals surface area contributed by atoms with E-state index in [1.54, 1.807) is 6.20 Å². The van der Waals surface area contributed by atoms with Crippen molar-refractivity contribution in [2.24, 2.45) is 0 Å². The Morgan fingerprint density at radius 2 is 2.06 bits per heavy atom. The maximum Gasteiger partial charge on any atom is 0.253 e. The molecule has 2 unspecified atom stereocenters. The molecule has 2 aliphatic heterocycles. The lowest BCUT2D eigenvalue weighted by Gasteiger charge is -2.48. The molecule has 2 atom stereocenters. The molecule has 6 nitrogen and oxygen atoms in total. The fourth-order valence-electron chi connectivity index (χ4n) is 4.72. The summed E-state index contributed by atoms with van der Waals surface area (Å²) in [5.41, 5.74) is 2.26. The summed E-state index contributed by atoms with van der Waals surface area (Å²) in [6.07, 6.45) is 5.73. The predicted octanol–water partition coefficient (Wildman–Crippen LogP) is 4.06. The van der Waals surface area contributed by atoms with Crippen molar-refractivity contribution in [2.45, 2.75) is 70.4 Å². The van der Waals surface area contributed by atoms with Crippen LogP contribution in [0.25, 0.3) is 0 Å². The summed E-state index contributed by atoms with van der Waals surface area (Å²) in [6, 6.07) is 9.53. The minimum atomic E-state index is -0.405. The zero-order valence-electron chi connectivity index (χ0n) is 18.6. The summed E-state index contributed by atoms with van der Waals surface area (Å²) in [4.78, 5) is 19.2. The molecule has 1 aromatic heterocycles. The van der Waals surface area contributed by atoms with E-state index in [4.69, 9.17) is 9.47 Å². The van der Waals surface area contributed by atoms with Crippen molar-refractivity contribution in [3.8, 4) is 5.75 Å². The first-order chi connectivity index (χ1) is 14.8. The van der Waals surface area contributed by atoms with Gasteiger partial charge in [-0.25, -0.2) is 0 Å². The van der Waals surface area contributed by atoms with Gasteiger partial charge in [-0.3, -0.25) is 9.78 Å². The summed E-state index contributed by atoms with van der Waals surface area (Å²) < 4.78 is 12.3. The van der Waals surface area contributed by atoms with E-state index in [1.807, 2.05) is 62.2 Å². The molecule has 6 heteroatoms. The highest BCUT2D eigenvalue weighted by atomic mass is 16.5. The summed E-state index contributed by atoms with van der Waals surface area (Å²) in [7, 11) is 0. The Kier molecular flexibility index (Phi) is 6.30. The third-order valence-electron chi connectivity index (χ3n) is 6.29. The zero-order chi connectivity index (χ0) is 22.0. The monoisotopic (exact) mass is 424 g/mol. The molecule has 4 rings (SSSR count). The van der Waals surface area contributed by atoms with Crippen LogP contribution in [0.3, 0.4) is 0 Å². The van der Waals surface area contributed by atoms with Crippen molar-refractivity contribution in [3.63, 3.8) is 0 Å². The minimum absolute atomic E-state index is 0.0363. The average Bonchev–Trinajstić information content (AvgIpc) is 2.75. The van der Waals surface area contributed by atoms with E-state index >= 15 is 0 Å². The molecule has 2 saturated heterocycles. The highest BCUT2D eigenvalue weighted by Crippen LogP contribution is 2.43. The summed E-state index contributed by atoms with van der Waals surface area (Å²) in [6.45, 7) is 7.19. The van der Waals surface area contributed by atoms with Crippen LogP contribution in [-0.2, 0) is 4.74 Å². The number of piperidine rings is 1. The number of aliphatic hydroxyl groups excluding tert-OH is 1. The van der Waals surface area contributed by atoms with Crippen molar-refractivity contribution in [1.82, 2.24) is 9.88 Å². The van der Waals surface area contributed by atoms with E-state index < -0.39 is 6.10 Å². The minimum Gasteiger partial charge on any atom is -0.491 e. The summed E-state index contributed by atoms with van der Waals surface area (Å²) in [5.74, 6) is 0.851. The maximum absolute atomic E-state index is 13.1. The van der Waals surface area contributed by atoms with Gasteiger partial charge in [-0.2, -0.15) is 0 Å². The predicted molar refractivity (Wildman–Crippen MR) is 118 cm³/mol. The second kappa shape index (κ2) is 8.97. The van der Waals surface area contributed by atoms with Gasteiger partial charge in [0.1, 0.15) is 5.75 Å². The Bertz CT molecular complexity index is 907. The van der Waals surface area contributed by atoms with E-state index in [0.717, 1.165) is 29.7 Å². The molecule has 2 aliphatic rings. The number of aromatic nitrogens is 1. The van der Waals surface area contributed by atoms with Crippen LogP contribution in [0, 0.1) is 6.92 Å². The standard InChI is InChI=1S/C25H32N2O4/c1-17(2)30-22-7-6-19(13-18(22)3)24(29)27-11-8-25(9-12-27)15-21(28)14-23(31-25)20-5-4-10-26-16-20/h4-7,10,13,16-17,21,23,28H,8-9,11-12,14-15H2,1-3H3. The molecule has 1 N–H and O–H groups in total. The van der Waals surface area contributed by atoms with Crippen LogP contribution < -0.4 is 4.74 Å². The number of aryl methyl sites for hydroxylation is 1. The average molecular weight is 425 g/mol. The van der Waals surface area contributed by atoms with Crippen LogP contribution in [0.2, 0.25) is 0 Å². The van der Waals surface area contributed by atoms with Crippen molar-refractivity contribution < 1.29 is 19.4 Å². The fraction of sp³-hybridized carbons (Fsp3) is 0.520. The molecule has 31 heavy (non-hydrogen) atoms. The normalized spacial score (nSPS) is 23.2. The first-order valence-electron chi connectivity index (χ1n) is 11.2. The lowest BCUT2D eigenvalue weighted by Crippen LogP contribution is -2.52. The number of benzene rings is 1. The van der Waals surface area contributed by atoms with Gasteiger partial charge < -0.3 is 19.5 Å². The zero-order valence-corrected chi connectivity index (χ0v) is 18.6. The molecule has 0 saturated carbocycles. The van der Waals surface area contributed by atoms with Crippen LogP contribution in [-0.4, -0.2) is 51.8 Å². The molecule has 0 bridgehead atoms. The Morgan fingerprint density at radius 1 is 1.29 bits per heavy atom. The van der Waals surface area contributed by atoms with E-state index in [-0.39, 0.29) is 23.7 Å². The van der Waals surface area contributed by atoms with Crippen LogP contribution in [0.4, 0.5) is 0 Å². The van der Waals surface area contributed by atoms with Crippen molar-refractivity contribution in [2.75, 3.05) is 13.1 Å². The number of nitrogens with zero attached hydrogens (tertiary/aromatic N) is 2. The maximum atomic E-state index is 13.1. The van der Waals surface area contributed by atoms with Crippen molar-refractivity contribution >= 4 is 5.91 Å². The largest absolute Gasteiger partial charge is 0.491 e. The van der Waals surface area contributed by atoms with E-state index in [1.165, 1.54) is 0 Å². The second-order valence-corrected chi connectivity index (χ2v) is 9.11. The number of likely N-dealkylation sites (tertiary alicyclic amines) is 1. The Balaban J connectivity index is 1.42. The highest BCUT2D eigenvalue weighted by molar-refractivity contribution is 5.94. The first-order valence-corrected chi connectivity index (χ1v) is 11.2. The number of hydrogen-bond acceptors (Lipinski definition) is 5. The quantitative estimate of drug-likeness (QED) is 0.801. The van der Waals surface area contributed by atoms with E-state index in [9.17, 15) is 9.90 Å². The summed E-state index contributed by atoms with van der Waals surface area (Å²) in [5, 5.41) is 10.5. The molecular weight excluding hydrogens is 392 g/mol. The lowest BCUT2D eigenvalue weighted by atomic mass is 9.81. The third-order valence-corrected chi connectivity index (χ3v) is 6.29. The number of aliphatic hydroxyl groups is 1. The van der Waals surface area contributed by atoms with E-state index in [0.29, 0.717) is 31.5 Å². The van der Waals surface area contributed by atoms with Gasteiger partial charge in [0.05, 0.1) is 23.9 Å². The fourth-order valence-corrected chi connectivity index (χ4v) is 4.72. The van der Waals surface area contributed by atoms with Crippen molar-refractivity contribution in [1.29, 1.82) is 0 Å². The van der Waals surface area contributed by atoms with Crippen LogP contribution in [0.1, 0.15) is 67.1 Å². The Labute approximate surface area is 184 Å². The number of hydrogen-bond donors (Lipinski definition) is 1. The molecule has 1 aromatic carbocycles. The van der Waals surface area contributed by atoms with Crippen LogP contribution >= 0.6 is 0 Å². The number of carbonyl (C=O) groups excluding carboxylic acids is 1. The van der Waals surface area contributed by atoms with Gasteiger partial charge >= 0.3 is 0 Å². The molecule has 0 aliphatic carbocycles. The van der Waals surface area contributed by atoms with Gasteiger partial charge in [0, 0.05) is 43.9 Å². The first kappa shape index (κ1) is 21.8. The van der Waals surface area contributed by atoms with E-state index in [2.05, 4.69) is 4.98 Å². The molecular formula is C25H32N2O4. The Morgan fingerprint density at radius 3 is 2.71 bits per heavy atom.